The third-order valence-corrected chi connectivity index (χ3v) is 4.87. The Kier molecular flexibility index (Phi) is 4.93. The number of aryl methyl sites for hydroxylation is 1. The number of carbonyl (C=O) groups is 1. The van der Waals surface area contributed by atoms with Crippen LogP contribution in [0, 0.1) is 0 Å². The summed E-state index contributed by atoms with van der Waals surface area (Å²) in [6.45, 7) is 4.73. The fourth-order valence-corrected chi connectivity index (χ4v) is 3.49. The number of aromatic nitrogens is 2. The van der Waals surface area contributed by atoms with E-state index in [0.717, 1.165) is 17.1 Å². The zero-order valence-corrected chi connectivity index (χ0v) is 14.3. The molecule has 0 saturated heterocycles. The second-order valence-corrected chi connectivity index (χ2v) is 6.59. The van der Waals surface area contributed by atoms with Gasteiger partial charge in [-0.1, -0.05) is 6.07 Å². The van der Waals surface area contributed by atoms with Gasteiger partial charge in [-0.15, -0.1) is 11.3 Å². The van der Waals surface area contributed by atoms with Crippen molar-refractivity contribution in [1.29, 1.82) is 0 Å². The first-order valence-electron chi connectivity index (χ1n) is 7.77. The lowest BCUT2D eigenvalue weighted by Crippen LogP contribution is -2.38. The summed E-state index contributed by atoms with van der Waals surface area (Å²) < 4.78 is 7.27. The van der Waals surface area contributed by atoms with Crippen molar-refractivity contribution >= 4 is 23.3 Å². The van der Waals surface area contributed by atoms with E-state index in [-0.39, 0.29) is 11.8 Å². The minimum atomic E-state index is 0.0243. The number of ether oxygens (including phenoxy) is 1. The van der Waals surface area contributed by atoms with Crippen LogP contribution in [-0.2, 0) is 22.6 Å². The summed E-state index contributed by atoms with van der Waals surface area (Å²) >= 11 is 1.62. The topological polar surface area (TPSA) is 47.4 Å². The molecule has 2 aromatic heterocycles. The normalized spacial score (nSPS) is 17.7. The highest BCUT2D eigenvalue weighted by Crippen LogP contribution is 2.28. The molecule has 0 saturated carbocycles. The van der Waals surface area contributed by atoms with Gasteiger partial charge in [-0.25, -0.2) is 0 Å². The zero-order chi connectivity index (χ0) is 16.2. The van der Waals surface area contributed by atoms with Crippen molar-refractivity contribution in [3.8, 4) is 0 Å². The van der Waals surface area contributed by atoms with Crippen LogP contribution < -0.4 is 0 Å². The van der Waals surface area contributed by atoms with E-state index in [1.807, 2.05) is 33.2 Å². The molecule has 1 atom stereocenters. The van der Waals surface area contributed by atoms with Crippen LogP contribution in [0.5, 0.6) is 0 Å². The number of nitrogens with zero attached hydrogens (tertiary/aromatic N) is 3. The molecule has 6 heteroatoms. The van der Waals surface area contributed by atoms with Crippen LogP contribution >= 0.6 is 11.3 Å². The molecule has 1 aliphatic heterocycles. The van der Waals surface area contributed by atoms with E-state index in [2.05, 4.69) is 18.2 Å². The molecule has 23 heavy (non-hydrogen) atoms. The average molecular weight is 331 g/mol. The van der Waals surface area contributed by atoms with E-state index < -0.39 is 0 Å². The van der Waals surface area contributed by atoms with Crippen LogP contribution in [-0.4, -0.2) is 40.8 Å². The Labute approximate surface area is 140 Å². The van der Waals surface area contributed by atoms with E-state index >= 15 is 0 Å². The lowest BCUT2D eigenvalue weighted by molar-refractivity contribution is -0.127. The molecule has 0 radical (unpaired) electrons. The van der Waals surface area contributed by atoms with Crippen molar-refractivity contribution in [2.75, 3.05) is 20.3 Å². The standard InChI is InChI=1S/C17H21N3O2S/c1-3-20-10-15-13(12-22-2)9-19(11-16(15)18-20)17(21)7-6-14-5-4-8-23-14/h4-8,10,13H,3,9,11-12H2,1-2H3/b7-6+/t13-/m1/s1. The van der Waals surface area contributed by atoms with Crippen LogP contribution in [0.1, 0.15) is 29.0 Å². The molecule has 0 fully saturated rings. The Morgan fingerprint density at radius 2 is 2.43 bits per heavy atom. The van der Waals surface area contributed by atoms with Gasteiger partial charge >= 0.3 is 0 Å². The predicted octanol–water partition coefficient (Wildman–Crippen LogP) is 2.75. The Balaban J connectivity index is 1.77. The summed E-state index contributed by atoms with van der Waals surface area (Å²) in [6.07, 6.45) is 5.61. The van der Waals surface area contributed by atoms with Crippen LogP contribution in [0.15, 0.2) is 29.8 Å². The van der Waals surface area contributed by atoms with Gasteiger partial charge < -0.3 is 9.64 Å². The van der Waals surface area contributed by atoms with Gasteiger partial charge in [0.05, 0.1) is 18.8 Å². The SMILES string of the molecule is CCn1cc2c(n1)CN(C(=O)/C=C/c1cccs1)C[C@@H]2COC. The van der Waals surface area contributed by atoms with Crippen molar-refractivity contribution in [2.24, 2.45) is 0 Å². The molecule has 3 rings (SSSR count). The Morgan fingerprint density at radius 3 is 3.13 bits per heavy atom. The molecule has 2 aromatic rings. The van der Waals surface area contributed by atoms with Crippen LogP contribution in [0.4, 0.5) is 0 Å². The van der Waals surface area contributed by atoms with Crippen molar-refractivity contribution in [2.45, 2.75) is 25.9 Å². The van der Waals surface area contributed by atoms with Gasteiger partial charge in [0.1, 0.15) is 0 Å². The van der Waals surface area contributed by atoms with Gasteiger partial charge in [-0.2, -0.15) is 5.10 Å². The summed E-state index contributed by atoms with van der Waals surface area (Å²) in [6, 6.07) is 3.98. The molecule has 0 unspecified atom stereocenters. The number of carbonyl (C=O) groups excluding carboxylic acids is 1. The molecule has 1 amide bonds. The third-order valence-electron chi connectivity index (χ3n) is 4.03. The van der Waals surface area contributed by atoms with Crippen LogP contribution in [0.25, 0.3) is 6.08 Å². The number of hydrogen-bond acceptors (Lipinski definition) is 4. The quantitative estimate of drug-likeness (QED) is 0.792. The second kappa shape index (κ2) is 7.10. The largest absolute Gasteiger partial charge is 0.384 e. The first-order chi connectivity index (χ1) is 11.2. The van der Waals surface area contributed by atoms with Gasteiger partial charge in [0.15, 0.2) is 0 Å². The number of methoxy groups -OCH3 is 1. The van der Waals surface area contributed by atoms with E-state index in [1.54, 1.807) is 24.5 Å². The Hall–Kier alpha value is -1.92. The van der Waals surface area contributed by atoms with E-state index in [9.17, 15) is 4.79 Å². The smallest absolute Gasteiger partial charge is 0.246 e. The monoisotopic (exact) mass is 331 g/mol. The summed E-state index contributed by atoms with van der Waals surface area (Å²) in [5.41, 5.74) is 2.19. The minimum Gasteiger partial charge on any atom is -0.384 e. The summed E-state index contributed by atoms with van der Waals surface area (Å²) in [4.78, 5) is 15.4. The average Bonchev–Trinajstić information content (AvgIpc) is 3.21. The number of thiophene rings is 1. The van der Waals surface area contributed by atoms with Gasteiger partial charge in [0.25, 0.3) is 0 Å². The first-order valence-corrected chi connectivity index (χ1v) is 8.65. The predicted molar refractivity (Wildman–Crippen MR) is 91.3 cm³/mol. The molecule has 3 heterocycles. The van der Waals surface area contributed by atoms with Gasteiger partial charge in [-0.3, -0.25) is 9.48 Å². The van der Waals surface area contributed by atoms with Crippen LogP contribution in [0.2, 0.25) is 0 Å². The van der Waals surface area contributed by atoms with Gasteiger partial charge in [0, 0.05) is 48.8 Å². The Morgan fingerprint density at radius 1 is 1.57 bits per heavy atom. The highest BCUT2D eigenvalue weighted by atomic mass is 32.1. The van der Waals surface area contributed by atoms with Gasteiger partial charge in [-0.05, 0) is 24.4 Å². The van der Waals surface area contributed by atoms with E-state index in [4.69, 9.17) is 4.74 Å². The van der Waals surface area contributed by atoms with E-state index in [1.165, 1.54) is 5.56 Å². The molecular weight excluding hydrogens is 310 g/mol. The second-order valence-electron chi connectivity index (χ2n) is 5.61. The maximum atomic E-state index is 12.5. The summed E-state index contributed by atoms with van der Waals surface area (Å²) in [5.74, 6) is 0.208. The lowest BCUT2D eigenvalue weighted by atomic mass is 9.95. The number of hydrogen-bond donors (Lipinski definition) is 0. The molecule has 1 aliphatic rings. The fraction of sp³-hybridized carbons (Fsp3) is 0.412. The summed E-state index contributed by atoms with van der Waals surface area (Å²) in [7, 11) is 1.70. The van der Waals surface area contributed by atoms with Crippen molar-refractivity contribution < 1.29 is 9.53 Å². The molecule has 5 nitrogen and oxygen atoms in total. The number of amides is 1. The molecule has 0 N–H and O–H groups in total. The fourth-order valence-electron chi connectivity index (χ4n) is 2.87. The number of rotatable bonds is 5. The highest BCUT2D eigenvalue weighted by molar-refractivity contribution is 7.10. The highest BCUT2D eigenvalue weighted by Gasteiger charge is 2.29. The lowest BCUT2D eigenvalue weighted by Gasteiger charge is -2.31. The third kappa shape index (κ3) is 3.54. The van der Waals surface area contributed by atoms with Crippen molar-refractivity contribution in [3.05, 3.63) is 45.9 Å². The molecular formula is C17H21N3O2S. The maximum Gasteiger partial charge on any atom is 0.246 e. The van der Waals surface area contributed by atoms with Crippen LogP contribution in [0.3, 0.4) is 0 Å². The Bertz CT molecular complexity index is 691. The van der Waals surface area contributed by atoms with Crippen molar-refractivity contribution in [1.82, 2.24) is 14.7 Å². The molecule has 0 spiro atoms. The van der Waals surface area contributed by atoms with Crippen molar-refractivity contribution in [3.63, 3.8) is 0 Å². The first kappa shape index (κ1) is 16.0. The maximum absolute atomic E-state index is 12.5. The number of fused-ring (bicyclic) bond motifs is 1. The molecule has 0 aromatic carbocycles. The van der Waals surface area contributed by atoms with E-state index in [0.29, 0.717) is 19.7 Å². The van der Waals surface area contributed by atoms with Gasteiger partial charge in [0.2, 0.25) is 5.91 Å². The zero-order valence-electron chi connectivity index (χ0n) is 13.4. The summed E-state index contributed by atoms with van der Waals surface area (Å²) in [5, 5.41) is 6.59. The molecule has 0 bridgehead atoms. The minimum absolute atomic E-state index is 0.0243. The molecule has 0 aliphatic carbocycles. The molecule has 122 valence electrons.